The Morgan fingerprint density at radius 3 is 2.19 bits per heavy atom. The van der Waals surface area contributed by atoms with Gasteiger partial charge in [-0.3, -0.25) is 4.79 Å². The van der Waals surface area contributed by atoms with Gasteiger partial charge in [0.1, 0.15) is 10.6 Å². The molecule has 0 radical (unpaired) electrons. The highest BCUT2D eigenvalue weighted by Crippen LogP contribution is 2.55. The number of sulfonamides is 1. The van der Waals surface area contributed by atoms with Crippen LogP contribution in [0.3, 0.4) is 0 Å². The van der Waals surface area contributed by atoms with Crippen LogP contribution in [0.5, 0.6) is 0 Å². The van der Waals surface area contributed by atoms with Gasteiger partial charge in [-0.15, -0.1) is 0 Å². The molecule has 31 heavy (non-hydrogen) atoms. The van der Waals surface area contributed by atoms with Gasteiger partial charge in [0.25, 0.3) is 5.91 Å². The van der Waals surface area contributed by atoms with E-state index in [4.69, 9.17) is 0 Å². The average Bonchev–Trinajstić information content (AvgIpc) is 3.20. The highest BCUT2D eigenvalue weighted by molar-refractivity contribution is 7.89. The molecule has 6 rings (SSSR count). The Morgan fingerprint density at radius 2 is 1.61 bits per heavy atom. The van der Waals surface area contributed by atoms with E-state index in [0.717, 1.165) is 6.42 Å². The SMILES string of the molecule is CNS(=O)(=O)c1cc(C(=O)NCC2CC3c4ccccc4C2c2ccccc23)n(C)c1. The normalized spacial score (nSPS) is 21.4. The Morgan fingerprint density at radius 1 is 1.03 bits per heavy atom. The van der Waals surface area contributed by atoms with Crippen LogP contribution < -0.4 is 10.0 Å². The Labute approximate surface area is 182 Å². The van der Waals surface area contributed by atoms with Crippen LogP contribution in [0.15, 0.2) is 65.7 Å². The molecule has 6 nitrogen and oxygen atoms in total. The maximum atomic E-state index is 12.9. The molecular formula is C24H25N3O3S. The second-order valence-corrected chi connectivity index (χ2v) is 10.3. The van der Waals surface area contributed by atoms with Gasteiger partial charge in [-0.05, 0) is 47.7 Å². The largest absolute Gasteiger partial charge is 0.350 e. The van der Waals surface area contributed by atoms with Gasteiger partial charge in [0.2, 0.25) is 10.0 Å². The minimum absolute atomic E-state index is 0.0854. The van der Waals surface area contributed by atoms with E-state index in [-0.39, 0.29) is 16.7 Å². The van der Waals surface area contributed by atoms with Crippen molar-refractivity contribution >= 4 is 15.9 Å². The van der Waals surface area contributed by atoms with Crippen LogP contribution in [0.4, 0.5) is 0 Å². The Hall–Kier alpha value is -2.90. The summed E-state index contributed by atoms with van der Waals surface area (Å²) in [6, 6.07) is 18.7. The maximum absolute atomic E-state index is 12.9. The lowest BCUT2D eigenvalue weighted by atomic mass is 9.59. The van der Waals surface area contributed by atoms with Crippen LogP contribution in [0, 0.1) is 5.92 Å². The molecule has 0 spiro atoms. The zero-order valence-electron chi connectivity index (χ0n) is 17.5. The molecule has 2 N–H and O–H groups in total. The molecular weight excluding hydrogens is 410 g/mol. The first kappa shape index (κ1) is 20.0. The molecule has 1 aromatic heterocycles. The monoisotopic (exact) mass is 435 g/mol. The maximum Gasteiger partial charge on any atom is 0.267 e. The van der Waals surface area contributed by atoms with Crippen LogP contribution in [0.1, 0.15) is 51.0 Å². The van der Waals surface area contributed by atoms with Crippen molar-refractivity contribution in [3.8, 4) is 0 Å². The second-order valence-electron chi connectivity index (χ2n) is 8.37. The third-order valence-corrected chi connectivity index (χ3v) is 8.12. The second kappa shape index (κ2) is 7.35. The minimum atomic E-state index is -3.59. The van der Waals surface area contributed by atoms with Crippen molar-refractivity contribution in [1.82, 2.24) is 14.6 Å². The van der Waals surface area contributed by atoms with Crippen LogP contribution in [-0.2, 0) is 17.1 Å². The number of fused-ring (bicyclic) bond motifs is 1. The highest BCUT2D eigenvalue weighted by Gasteiger charge is 2.42. The van der Waals surface area contributed by atoms with Crippen LogP contribution in [0.25, 0.3) is 0 Å². The molecule has 2 aromatic carbocycles. The van der Waals surface area contributed by atoms with Gasteiger partial charge in [0.05, 0.1) is 0 Å². The Balaban J connectivity index is 1.40. The third kappa shape index (κ3) is 3.20. The summed E-state index contributed by atoms with van der Waals surface area (Å²) in [6.45, 7) is 0.544. The average molecular weight is 436 g/mol. The van der Waals surface area contributed by atoms with E-state index >= 15 is 0 Å². The van der Waals surface area contributed by atoms with Gasteiger partial charge in [0.15, 0.2) is 0 Å². The molecule has 1 amide bonds. The zero-order chi connectivity index (χ0) is 21.8. The molecule has 3 aliphatic rings. The van der Waals surface area contributed by atoms with Gasteiger partial charge in [0, 0.05) is 31.6 Å². The summed E-state index contributed by atoms with van der Waals surface area (Å²) in [6.07, 6.45) is 2.45. The molecule has 0 saturated carbocycles. The number of hydrogen-bond acceptors (Lipinski definition) is 3. The van der Waals surface area contributed by atoms with Crippen molar-refractivity contribution in [1.29, 1.82) is 0 Å². The number of nitrogens with zero attached hydrogens (tertiary/aromatic N) is 1. The fraction of sp³-hybridized carbons (Fsp3) is 0.292. The molecule has 0 fully saturated rings. The zero-order valence-corrected chi connectivity index (χ0v) is 18.3. The van der Waals surface area contributed by atoms with E-state index in [9.17, 15) is 13.2 Å². The summed E-state index contributed by atoms with van der Waals surface area (Å²) in [7, 11) is -0.557. The lowest BCUT2D eigenvalue weighted by Crippen LogP contribution is -2.39. The molecule has 3 aromatic rings. The van der Waals surface area contributed by atoms with Gasteiger partial charge >= 0.3 is 0 Å². The summed E-state index contributed by atoms with van der Waals surface area (Å²) in [5.74, 6) is 0.635. The Kier molecular flexibility index (Phi) is 4.75. The summed E-state index contributed by atoms with van der Waals surface area (Å²) < 4.78 is 28.0. The summed E-state index contributed by atoms with van der Waals surface area (Å²) in [5.41, 5.74) is 5.85. The Bertz CT molecular complexity index is 1230. The van der Waals surface area contributed by atoms with Crippen molar-refractivity contribution < 1.29 is 13.2 Å². The summed E-state index contributed by atoms with van der Waals surface area (Å²) in [4.78, 5) is 13.0. The fourth-order valence-corrected chi connectivity index (χ4v) is 6.10. The van der Waals surface area contributed by atoms with Crippen molar-refractivity contribution in [2.45, 2.75) is 23.2 Å². The lowest BCUT2D eigenvalue weighted by Gasteiger charge is -2.45. The predicted octanol–water partition coefficient (Wildman–Crippen LogP) is 2.96. The molecule has 2 bridgehead atoms. The number of rotatable bonds is 5. The number of carbonyl (C=O) groups is 1. The topological polar surface area (TPSA) is 80.2 Å². The van der Waals surface area contributed by atoms with E-state index < -0.39 is 10.0 Å². The molecule has 1 atom stereocenters. The number of hydrogen-bond donors (Lipinski definition) is 2. The van der Waals surface area contributed by atoms with Crippen molar-refractivity contribution in [2.24, 2.45) is 13.0 Å². The minimum Gasteiger partial charge on any atom is -0.350 e. The van der Waals surface area contributed by atoms with Crippen LogP contribution >= 0.6 is 0 Å². The van der Waals surface area contributed by atoms with Crippen molar-refractivity contribution in [2.75, 3.05) is 13.6 Å². The number of carbonyl (C=O) groups excluding carboxylic acids is 1. The smallest absolute Gasteiger partial charge is 0.267 e. The number of nitrogens with one attached hydrogen (secondary N) is 2. The van der Waals surface area contributed by atoms with Crippen molar-refractivity contribution in [3.05, 3.63) is 88.7 Å². The molecule has 0 aliphatic heterocycles. The predicted molar refractivity (Wildman–Crippen MR) is 119 cm³/mol. The lowest BCUT2D eigenvalue weighted by molar-refractivity contribution is 0.0934. The van der Waals surface area contributed by atoms with E-state index in [0.29, 0.717) is 24.1 Å². The van der Waals surface area contributed by atoms with Gasteiger partial charge in [-0.2, -0.15) is 0 Å². The highest BCUT2D eigenvalue weighted by atomic mass is 32.2. The molecule has 1 heterocycles. The fourth-order valence-electron chi connectivity index (χ4n) is 5.30. The molecule has 3 aliphatic carbocycles. The van der Waals surface area contributed by atoms with Crippen LogP contribution in [-0.4, -0.2) is 32.5 Å². The van der Waals surface area contributed by atoms with Gasteiger partial charge < -0.3 is 9.88 Å². The molecule has 160 valence electrons. The first-order valence-corrected chi connectivity index (χ1v) is 11.9. The molecule has 0 saturated heterocycles. The summed E-state index contributed by atoms with van der Waals surface area (Å²) >= 11 is 0. The van der Waals surface area contributed by atoms with Crippen LogP contribution in [0.2, 0.25) is 0 Å². The summed E-state index contributed by atoms with van der Waals surface area (Å²) in [5, 5.41) is 3.06. The number of amides is 1. The molecule has 1 unspecified atom stereocenters. The first-order valence-electron chi connectivity index (χ1n) is 10.5. The first-order chi connectivity index (χ1) is 14.9. The number of aryl methyl sites for hydroxylation is 1. The quantitative estimate of drug-likeness (QED) is 0.647. The van der Waals surface area contributed by atoms with E-state index in [2.05, 4.69) is 58.6 Å². The standard InChI is InChI=1S/C24H25N3O3S/c1-25-31(29,30)16-12-22(27(2)14-16)24(28)26-13-15-11-21-17-7-3-5-9-19(17)23(15)20-10-6-4-8-18(20)21/h3-10,12,14-15,21,23,25H,11,13H2,1-2H3,(H,26,28). The number of benzene rings is 2. The van der Waals surface area contributed by atoms with E-state index in [1.54, 1.807) is 11.6 Å². The van der Waals surface area contributed by atoms with Crippen molar-refractivity contribution in [3.63, 3.8) is 0 Å². The molecule has 7 heteroatoms. The van der Waals surface area contributed by atoms with Gasteiger partial charge in [-0.1, -0.05) is 48.5 Å². The third-order valence-electron chi connectivity index (χ3n) is 6.74. The van der Waals surface area contributed by atoms with Gasteiger partial charge in [-0.25, -0.2) is 13.1 Å². The number of aromatic nitrogens is 1. The van der Waals surface area contributed by atoms with E-state index in [1.807, 2.05) is 0 Å². The van der Waals surface area contributed by atoms with E-state index in [1.165, 1.54) is 41.6 Å².